The third-order valence-corrected chi connectivity index (χ3v) is 4.75. The number of para-hydroxylation sites is 1. The van der Waals surface area contributed by atoms with E-state index in [1.54, 1.807) is 0 Å². The monoisotopic (exact) mass is 273 g/mol. The van der Waals surface area contributed by atoms with Crippen LogP contribution < -0.4 is 10.5 Å². The van der Waals surface area contributed by atoms with Crippen LogP contribution in [0.5, 0.6) is 5.75 Å². The van der Waals surface area contributed by atoms with E-state index in [9.17, 15) is 0 Å². The summed E-state index contributed by atoms with van der Waals surface area (Å²) in [5, 5.41) is 2.13. The quantitative estimate of drug-likeness (QED) is 0.928. The number of hydrogen-bond acceptors (Lipinski definition) is 3. The molecule has 2 aromatic rings. The van der Waals surface area contributed by atoms with Crippen LogP contribution >= 0.6 is 11.3 Å². The van der Waals surface area contributed by atoms with E-state index in [1.165, 1.54) is 10.4 Å². The van der Waals surface area contributed by atoms with E-state index in [0.717, 1.165) is 31.6 Å². The fourth-order valence-electron chi connectivity index (χ4n) is 2.63. The normalized spacial score (nSPS) is 19.5. The average Bonchev–Trinajstić information content (AvgIpc) is 2.97. The lowest BCUT2D eigenvalue weighted by atomic mass is 9.88. The molecule has 0 saturated heterocycles. The summed E-state index contributed by atoms with van der Waals surface area (Å²) in [6, 6.07) is 12.8. The van der Waals surface area contributed by atoms with Crippen molar-refractivity contribution in [1.82, 2.24) is 0 Å². The molecule has 1 aromatic carbocycles. The predicted octanol–water partition coefficient (Wildman–Crippen LogP) is 3.26. The Morgan fingerprint density at radius 3 is 3.00 bits per heavy atom. The van der Waals surface area contributed by atoms with Crippen molar-refractivity contribution in [2.75, 3.05) is 6.61 Å². The van der Waals surface area contributed by atoms with E-state index in [4.69, 9.17) is 10.5 Å². The van der Waals surface area contributed by atoms with E-state index >= 15 is 0 Å². The first-order valence-corrected chi connectivity index (χ1v) is 7.69. The van der Waals surface area contributed by atoms with Gasteiger partial charge in [0, 0.05) is 16.8 Å². The van der Waals surface area contributed by atoms with Crippen LogP contribution in [0.15, 0.2) is 41.8 Å². The summed E-state index contributed by atoms with van der Waals surface area (Å²) in [6.07, 6.45) is 3.16. The van der Waals surface area contributed by atoms with Gasteiger partial charge in [0.15, 0.2) is 0 Å². The van der Waals surface area contributed by atoms with Crippen LogP contribution in [0.3, 0.4) is 0 Å². The Morgan fingerprint density at radius 1 is 1.26 bits per heavy atom. The maximum absolute atomic E-state index is 6.35. The molecule has 3 rings (SSSR count). The fraction of sp³-hybridized carbons (Fsp3) is 0.375. The molecule has 2 N–H and O–H groups in total. The zero-order valence-corrected chi connectivity index (χ0v) is 11.7. The van der Waals surface area contributed by atoms with E-state index in [-0.39, 0.29) is 6.04 Å². The highest BCUT2D eigenvalue weighted by atomic mass is 32.1. The summed E-state index contributed by atoms with van der Waals surface area (Å²) < 4.78 is 5.82. The molecule has 0 spiro atoms. The molecule has 0 amide bonds. The number of aryl methyl sites for hydroxylation is 1. The van der Waals surface area contributed by atoms with Gasteiger partial charge in [0.05, 0.1) is 6.61 Å². The molecule has 3 heteroatoms. The first kappa shape index (κ1) is 12.7. The second-order valence-electron chi connectivity index (χ2n) is 5.16. The Bertz CT molecular complexity index is 523. The Balaban J connectivity index is 1.58. The van der Waals surface area contributed by atoms with Gasteiger partial charge in [-0.3, -0.25) is 0 Å². The van der Waals surface area contributed by atoms with Gasteiger partial charge in [-0.05, 0) is 42.3 Å². The van der Waals surface area contributed by atoms with Crippen molar-refractivity contribution in [1.29, 1.82) is 0 Å². The zero-order valence-electron chi connectivity index (χ0n) is 10.9. The molecule has 1 aliphatic heterocycles. The molecule has 2 atom stereocenters. The lowest BCUT2D eigenvalue weighted by Gasteiger charge is -2.29. The molecule has 1 aliphatic rings. The molecule has 0 fully saturated rings. The standard InChI is InChI=1S/C16H19NOS/c17-15(8-7-14-5-3-9-19-14)13-10-12-4-1-2-6-16(12)18-11-13/h1-6,9,13,15H,7-8,10-11,17H2. The van der Waals surface area contributed by atoms with Gasteiger partial charge in [-0.2, -0.15) is 0 Å². The first-order chi connectivity index (χ1) is 9.33. The van der Waals surface area contributed by atoms with Gasteiger partial charge in [-0.1, -0.05) is 24.3 Å². The molecule has 2 unspecified atom stereocenters. The Labute approximate surface area is 118 Å². The minimum absolute atomic E-state index is 0.218. The minimum atomic E-state index is 0.218. The van der Waals surface area contributed by atoms with Crippen LogP contribution in [0.25, 0.3) is 0 Å². The van der Waals surface area contributed by atoms with Gasteiger partial charge in [-0.25, -0.2) is 0 Å². The smallest absolute Gasteiger partial charge is 0.122 e. The van der Waals surface area contributed by atoms with Gasteiger partial charge in [0.1, 0.15) is 5.75 Å². The number of hydrogen-bond donors (Lipinski definition) is 1. The molecular formula is C16H19NOS. The third kappa shape index (κ3) is 2.99. The summed E-state index contributed by atoms with van der Waals surface area (Å²) in [7, 11) is 0. The summed E-state index contributed by atoms with van der Waals surface area (Å²) >= 11 is 1.81. The predicted molar refractivity (Wildman–Crippen MR) is 79.7 cm³/mol. The van der Waals surface area contributed by atoms with E-state index in [0.29, 0.717) is 5.92 Å². The third-order valence-electron chi connectivity index (χ3n) is 3.82. The highest BCUT2D eigenvalue weighted by Gasteiger charge is 2.24. The second kappa shape index (κ2) is 5.76. The van der Waals surface area contributed by atoms with Crippen molar-refractivity contribution in [3.8, 4) is 5.75 Å². The number of nitrogens with two attached hydrogens (primary N) is 1. The van der Waals surface area contributed by atoms with Crippen LogP contribution in [0, 0.1) is 5.92 Å². The summed E-state index contributed by atoms with van der Waals surface area (Å²) in [6.45, 7) is 0.753. The van der Waals surface area contributed by atoms with Crippen molar-refractivity contribution < 1.29 is 4.74 Å². The molecule has 100 valence electrons. The number of ether oxygens (including phenoxy) is 1. The second-order valence-corrected chi connectivity index (χ2v) is 6.20. The van der Waals surface area contributed by atoms with Crippen LogP contribution in [-0.2, 0) is 12.8 Å². The number of benzene rings is 1. The summed E-state index contributed by atoms with van der Waals surface area (Å²) in [5.74, 6) is 1.47. The van der Waals surface area contributed by atoms with E-state index < -0.39 is 0 Å². The lowest BCUT2D eigenvalue weighted by molar-refractivity contribution is 0.195. The Kier molecular flexibility index (Phi) is 3.85. The highest BCUT2D eigenvalue weighted by molar-refractivity contribution is 7.09. The van der Waals surface area contributed by atoms with Crippen molar-refractivity contribution in [2.24, 2.45) is 11.7 Å². The molecule has 19 heavy (non-hydrogen) atoms. The zero-order chi connectivity index (χ0) is 13.1. The first-order valence-electron chi connectivity index (χ1n) is 6.81. The lowest BCUT2D eigenvalue weighted by Crippen LogP contribution is -2.38. The van der Waals surface area contributed by atoms with Gasteiger partial charge in [-0.15, -0.1) is 11.3 Å². The summed E-state index contributed by atoms with van der Waals surface area (Å²) in [4.78, 5) is 1.42. The Morgan fingerprint density at radius 2 is 2.16 bits per heavy atom. The van der Waals surface area contributed by atoms with Crippen molar-refractivity contribution in [3.05, 3.63) is 52.2 Å². The number of rotatable bonds is 4. The number of fused-ring (bicyclic) bond motifs is 1. The summed E-state index contributed by atoms with van der Waals surface area (Å²) in [5.41, 5.74) is 7.64. The molecule has 0 radical (unpaired) electrons. The topological polar surface area (TPSA) is 35.2 Å². The van der Waals surface area contributed by atoms with Crippen molar-refractivity contribution in [3.63, 3.8) is 0 Å². The van der Waals surface area contributed by atoms with Gasteiger partial charge < -0.3 is 10.5 Å². The molecule has 2 nitrogen and oxygen atoms in total. The maximum Gasteiger partial charge on any atom is 0.122 e. The molecule has 0 bridgehead atoms. The van der Waals surface area contributed by atoms with Crippen LogP contribution in [0.1, 0.15) is 16.9 Å². The molecule has 2 heterocycles. The van der Waals surface area contributed by atoms with E-state index in [2.05, 4.69) is 29.6 Å². The maximum atomic E-state index is 6.35. The van der Waals surface area contributed by atoms with Crippen LogP contribution in [0.2, 0.25) is 0 Å². The Hall–Kier alpha value is -1.32. The highest BCUT2D eigenvalue weighted by Crippen LogP contribution is 2.28. The van der Waals surface area contributed by atoms with Gasteiger partial charge in [0.25, 0.3) is 0 Å². The fourth-order valence-corrected chi connectivity index (χ4v) is 3.35. The molecular weight excluding hydrogens is 254 g/mol. The van der Waals surface area contributed by atoms with Gasteiger partial charge in [0.2, 0.25) is 0 Å². The molecule has 0 aliphatic carbocycles. The van der Waals surface area contributed by atoms with Crippen molar-refractivity contribution in [2.45, 2.75) is 25.3 Å². The van der Waals surface area contributed by atoms with Gasteiger partial charge >= 0.3 is 0 Å². The van der Waals surface area contributed by atoms with Crippen LogP contribution in [-0.4, -0.2) is 12.6 Å². The van der Waals surface area contributed by atoms with Crippen molar-refractivity contribution >= 4 is 11.3 Å². The number of thiophene rings is 1. The molecule has 1 aromatic heterocycles. The minimum Gasteiger partial charge on any atom is -0.493 e. The van der Waals surface area contributed by atoms with E-state index in [1.807, 2.05) is 23.5 Å². The SMILES string of the molecule is NC(CCc1cccs1)C1COc2ccccc2C1. The van der Waals surface area contributed by atoms with Crippen LogP contribution in [0.4, 0.5) is 0 Å². The average molecular weight is 273 g/mol. The largest absolute Gasteiger partial charge is 0.493 e. The molecule has 0 saturated carbocycles.